The molecule has 2 atom stereocenters. The fraction of sp³-hybridized carbons (Fsp3) is 0.562. The van der Waals surface area contributed by atoms with E-state index in [1.165, 1.54) is 0 Å². The molecule has 0 bridgehead atoms. The van der Waals surface area contributed by atoms with Gasteiger partial charge in [0.15, 0.2) is 5.67 Å². The molecule has 25 heavy (non-hydrogen) atoms. The third-order valence-corrected chi connectivity index (χ3v) is 3.97. The Hall–Kier alpha value is -1.77. The fourth-order valence-corrected chi connectivity index (χ4v) is 2.81. The third kappa shape index (κ3) is 5.10. The number of anilines is 1. The van der Waals surface area contributed by atoms with Gasteiger partial charge in [-0.25, -0.2) is 18.6 Å². The van der Waals surface area contributed by atoms with Crippen LogP contribution in [-0.4, -0.2) is 52.4 Å². The van der Waals surface area contributed by atoms with Gasteiger partial charge in [-0.05, 0) is 48.8 Å². The highest BCUT2D eigenvalue weighted by Crippen LogP contribution is 2.33. The molecule has 1 fully saturated rings. The van der Waals surface area contributed by atoms with Crippen molar-refractivity contribution >= 4 is 33.7 Å². The van der Waals surface area contributed by atoms with Gasteiger partial charge in [-0.15, -0.1) is 0 Å². The number of carbonyl (C=O) groups excluding carboxylic acids is 2. The Balaban J connectivity index is 2.19. The molecule has 1 aromatic heterocycles. The number of nitrogens with one attached hydrogen (secondary N) is 1. The molecular formula is C16H20BrF2N3O3. The van der Waals surface area contributed by atoms with Gasteiger partial charge in [0.2, 0.25) is 5.91 Å². The molecule has 2 rings (SSSR count). The zero-order valence-electron chi connectivity index (χ0n) is 14.2. The van der Waals surface area contributed by atoms with E-state index in [0.29, 0.717) is 4.60 Å². The van der Waals surface area contributed by atoms with Crippen LogP contribution in [0.15, 0.2) is 22.8 Å². The second-order valence-corrected chi connectivity index (χ2v) is 7.76. The summed E-state index contributed by atoms with van der Waals surface area (Å²) in [6.45, 7) is 3.13. The van der Waals surface area contributed by atoms with Crippen LogP contribution in [0.1, 0.15) is 27.2 Å². The van der Waals surface area contributed by atoms with Crippen LogP contribution in [-0.2, 0) is 9.53 Å². The van der Waals surface area contributed by atoms with Crippen LogP contribution in [0.3, 0.4) is 0 Å². The highest BCUT2D eigenvalue weighted by atomic mass is 79.9. The summed E-state index contributed by atoms with van der Waals surface area (Å²) < 4.78 is 33.2. The van der Waals surface area contributed by atoms with E-state index in [9.17, 15) is 18.4 Å². The lowest BCUT2D eigenvalue weighted by Crippen LogP contribution is -2.45. The van der Waals surface area contributed by atoms with Crippen molar-refractivity contribution in [1.82, 2.24) is 9.88 Å². The normalized spacial score (nSPS) is 23.4. The van der Waals surface area contributed by atoms with Crippen LogP contribution in [0.25, 0.3) is 0 Å². The first-order valence-corrected chi connectivity index (χ1v) is 8.50. The Morgan fingerprint density at radius 2 is 2.16 bits per heavy atom. The SMILES string of the molecule is CC(C)(C)OC(=O)N1C[C@@](F)(CF)C[C@H]1C(=O)Nc1cccc(Br)n1. The second-order valence-electron chi connectivity index (χ2n) is 6.95. The molecule has 1 N–H and O–H groups in total. The number of nitrogens with zero attached hydrogens (tertiary/aromatic N) is 2. The van der Waals surface area contributed by atoms with Crippen LogP contribution in [0.5, 0.6) is 0 Å². The molecule has 2 heterocycles. The minimum Gasteiger partial charge on any atom is -0.444 e. The molecule has 9 heteroatoms. The highest BCUT2D eigenvalue weighted by molar-refractivity contribution is 9.10. The minimum atomic E-state index is -2.27. The predicted octanol–water partition coefficient (Wildman–Crippen LogP) is 3.47. The van der Waals surface area contributed by atoms with Gasteiger partial charge in [0.1, 0.15) is 28.7 Å². The number of pyridine rings is 1. The molecule has 1 saturated heterocycles. The van der Waals surface area contributed by atoms with E-state index in [-0.39, 0.29) is 5.82 Å². The number of alkyl halides is 2. The molecule has 1 aliphatic heterocycles. The van der Waals surface area contributed by atoms with Crippen molar-refractivity contribution in [3.8, 4) is 0 Å². The van der Waals surface area contributed by atoms with Crippen LogP contribution in [0, 0.1) is 0 Å². The maximum Gasteiger partial charge on any atom is 0.411 e. The topological polar surface area (TPSA) is 71.5 Å². The molecule has 0 spiro atoms. The van der Waals surface area contributed by atoms with Crippen molar-refractivity contribution in [2.75, 3.05) is 18.5 Å². The number of carbonyl (C=O) groups is 2. The molecule has 6 nitrogen and oxygen atoms in total. The van der Waals surface area contributed by atoms with Gasteiger partial charge in [0, 0.05) is 6.42 Å². The lowest BCUT2D eigenvalue weighted by atomic mass is 10.0. The first kappa shape index (κ1) is 19.6. The standard InChI is InChI=1S/C16H20BrF2N3O3/c1-15(2,3)25-14(24)22-9-16(19,8-18)7-10(22)13(23)21-12-6-4-5-11(17)20-12/h4-6,10H,7-9H2,1-3H3,(H,20,21,23)/t10-,16-/m0/s1. The van der Waals surface area contributed by atoms with E-state index in [1.54, 1.807) is 39.0 Å². The summed E-state index contributed by atoms with van der Waals surface area (Å²) in [7, 11) is 0. The van der Waals surface area contributed by atoms with Crippen molar-refractivity contribution in [1.29, 1.82) is 0 Å². The number of hydrogen-bond donors (Lipinski definition) is 1. The van der Waals surface area contributed by atoms with Crippen molar-refractivity contribution < 1.29 is 23.1 Å². The van der Waals surface area contributed by atoms with Gasteiger partial charge in [-0.3, -0.25) is 9.69 Å². The lowest BCUT2D eigenvalue weighted by Gasteiger charge is -2.27. The second kappa shape index (κ2) is 7.23. The monoisotopic (exact) mass is 419 g/mol. The number of likely N-dealkylation sites (tertiary alicyclic amines) is 1. The maximum atomic E-state index is 14.5. The van der Waals surface area contributed by atoms with Crippen LogP contribution in [0.4, 0.5) is 19.4 Å². The van der Waals surface area contributed by atoms with Crippen LogP contribution in [0.2, 0.25) is 0 Å². The van der Waals surface area contributed by atoms with E-state index in [2.05, 4.69) is 26.2 Å². The van der Waals surface area contributed by atoms with Gasteiger partial charge in [-0.1, -0.05) is 6.07 Å². The van der Waals surface area contributed by atoms with Crippen LogP contribution >= 0.6 is 15.9 Å². The van der Waals surface area contributed by atoms with Crippen molar-refractivity contribution in [2.24, 2.45) is 0 Å². The summed E-state index contributed by atoms with van der Waals surface area (Å²) >= 11 is 3.18. The van der Waals surface area contributed by atoms with Crippen molar-refractivity contribution in [3.05, 3.63) is 22.8 Å². The molecule has 1 aromatic rings. The minimum absolute atomic E-state index is 0.236. The molecule has 0 radical (unpaired) electrons. The summed E-state index contributed by atoms with van der Waals surface area (Å²) in [5.41, 5.74) is -3.09. The number of rotatable bonds is 3. The highest BCUT2D eigenvalue weighted by Gasteiger charge is 2.50. The Kier molecular flexibility index (Phi) is 5.65. The lowest BCUT2D eigenvalue weighted by molar-refractivity contribution is -0.120. The summed E-state index contributed by atoms with van der Waals surface area (Å²) in [6, 6.07) is 3.70. The van der Waals surface area contributed by atoms with Gasteiger partial charge in [0.25, 0.3) is 0 Å². The summed E-state index contributed by atoms with van der Waals surface area (Å²) in [5.74, 6) is -0.412. The van der Waals surface area contributed by atoms with Gasteiger partial charge in [0.05, 0.1) is 6.54 Å². The van der Waals surface area contributed by atoms with E-state index in [0.717, 1.165) is 4.90 Å². The number of ether oxygens (including phenoxy) is 1. The van der Waals surface area contributed by atoms with Crippen LogP contribution < -0.4 is 5.32 Å². The smallest absolute Gasteiger partial charge is 0.411 e. The molecule has 0 aromatic carbocycles. The number of amides is 2. The van der Waals surface area contributed by atoms with E-state index < -0.39 is 49.0 Å². The molecule has 138 valence electrons. The van der Waals surface area contributed by atoms with E-state index in [1.807, 2.05) is 0 Å². The first-order chi connectivity index (χ1) is 11.5. The average Bonchev–Trinajstić information content (AvgIpc) is 2.85. The zero-order chi connectivity index (χ0) is 18.8. The van der Waals surface area contributed by atoms with Gasteiger partial charge in [-0.2, -0.15) is 0 Å². The molecule has 0 unspecified atom stereocenters. The molecular weight excluding hydrogens is 400 g/mol. The Bertz CT molecular complexity index is 668. The van der Waals surface area contributed by atoms with Gasteiger partial charge < -0.3 is 10.1 Å². The summed E-state index contributed by atoms with van der Waals surface area (Å²) in [5, 5.41) is 2.52. The zero-order valence-corrected chi connectivity index (χ0v) is 15.8. The Labute approximate surface area is 153 Å². The number of halogens is 3. The molecule has 2 amide bonds. The predicted molar refractivity (Wildman–Crippen MR) is 91.7 cm³/mol. The van der Waals surface area contributed by atoms with Crippen molar-refractivity contribution in [3.63, 3.8) is 0 Å². The van der Waals surface area contributed by atoms with Gasteiger partial charge >= 0.3 is 6.09 Å². The largest absolute Gasteiger partial charge is 0.444 e. The Morgan fingerprint density at radius 1 is 1.48 bits per heavy atom. The Morgan fingerprint density at radius 3 is 2.72 bits per heavy atom. The average molecular weight is 420 g/mol. The first-order valence-electron chi connectivity index (χ1n) is 7.71. The fourth-order valence-electron chi connectivity index (χ4n) is 2.47. The molecule has 0 saturated carbocycles. The maximum absolute atomic E-state index is 14.5. The summed E-state index contributed by atoms with van der Waals surface area (Å²) in [6.07, 6.45) is -1.30. The third-order valence-electron chi connectivity index (χ3n) is 3.53. The quantitative estimate of drug-likeness (QED) is 0.761. The molecule has 1 aliphatic rings. The molecule has 0 aliphatic carbocycles. The number of aromatic nitrogens is 1. The summed E-state index contributed by atoms with van der Waals surface area (Å²) in [4.78, 5) is 29.8. The number of hydrogen-bond acceptors (Lipinski definition) is 4. The van der Waals surface area contributed by atoms with E-state index in [4.69, 9.17) is 4.74 Å². The van der Waals surface area contributed by atoms with E-state index >= 15 is 0 Å². The van der Waals surface area contributed by atoms with Crippen molar-refractivity contribution in [2.45, 2.75) is 44.5 Å².